The summed E-state index contributed by atoms with van der Waals surface area (Å²) in [7, 11) is 0. The van der Waals surface area contributed by atoms with Gasteiger partial charge in [0.25, 0.3) is 5.91 Å². The zero-order valence-corrected chi connectivity index (χ0v) is 18.5. The van der Waals surface area contributed by atoms with Crippen molar-refractivity contribution in [3.8, 4) is 0 Å². The summed E-state index contributed by atoms with van der Waals surface area (Å²) in [5, 5.41) is 0. The first-order valence-corrected chi connectivity index (χ1v) is 12.1. The molecule has 1 saturated heterocycles. The lowest BCUT2D eigenvalue weighted by Crippen LogP contribution is -2.84. The third-order valence-electron chi connectivity index (χ3n) is 9.28. The lowest BCUT2D eigenvalue weighted by Gasteiger charge is -2.80. The molecule has 3 saturated carbocycles. The third-order valence-corrected chi connectivity index (χ3v) is 9.28. The summed E-state index contributed by atoms with van der Waals surface area (Å²) in [6.07, 6.45) is 4.04. The van der Waals surface area contributed by atoms with Crippen LogP contribution < -0.4 is 0 Å². The molecule has 0 bridgehead atoms. The second-order valence-corrected chi connectivity index (χ2v) is 10.5. The van der Waals surface area contributed by atoms with Gasteiger partial charge in [0.1, 0.15) is 11.4 Å². The molecule has 32 heavy (non-hydrogen) atoms. The van der Waals surface area contributed by atoms with E-state index in [0.29, 0.717) is 18.0 Å². The van der Waals surface area contributed by atoms with Crippen LogP contribution in [-0.4, -0.2) is 52.3 Å². The summed E-state index contributed by atoms with van der Waals surface area (Å²) in [4.78, 5) is 22.2. The molecule has 1 amide bonds. The summed E-state index contributed by atoms with van der Waals surface area (Å²) in [5.74, 6) is 1.48. The minimum Gasteiger partial charge on any atom is -0.299 e. The number of rotatable bonds is 5. The van der Waals surface area contributed by atoms with Gasteiger partial charge >= 0.3 is 6.18 Å². The van der Waals surface area contributed by atoms with Crippen molar-refractivity contribution in [3.63, 3.8) is 0 Å². The zero-order valence-electron chi connectivity index (χ0n) is 18.5. The molecule has 1 aromatic rings. The molecule has 0 aromatic heterocycles. The molecule has 7 heteroatoms. The third kappa shape index (κ3) is 2.66. The van der Waals surface area contributed by atoms with E-state index >= 15 is 0 Å². The standard InChI is InChI=1S/C25H30F3N3O/c1-16-29-23(10-2-3-11-23)22(32)30(16)13-4-14-31-20-9-12-24(20)19(15-21(24)31)17-5-7-18(8-6-17)25(26,27)28/h5-8,19-21H,2-4,9-15H2,1H3. The van der Waals surface area contributed by atoms with Crippen molar-refractivity contribution in [2.75, 3.05) is 13.1 Å². The van der Waals surface area contributed by atoms with E-state index in [0.717, 1.165) is 63.0 Å². The maximum atomic E-state index is 13.0. The van der Waals surface area contributed by atoms with Crippen molar-refractivity contribution in [1.82, 2.24) is 9.80 Å². The Bertz CT molecular complexity index is 958. The highest BCUT2D eigenvalue weighted by Gasteiger charge is 2.74. The van der Waals surface area contributed by atoms with E-state index in [1.54, 1.807) is 12.1 Å². The summed E-state index contributed by atoms with van der Waals surface area (Å²) < 4.78 is 38.7. The number of carbonyl (C=O) groups is 1. The monoisotopic (exact) mass is 445 g/mol. The largest absolute Gasteiger partial charge is 0.416 e. The molecule has 5 aliphatic rings. The Balaban J connectivity index is 1.05. The van der Waals surface area contributed by atoms with E-state index < -0.39 is 17.3 Å². The molecule has 4 unspecified atom stereocenters. The molecule has 0 radical (unpaired) electrons. The quantitative estimate of drug-likeness (QED) is 0.640. The second-order valence-electron chi connectivity index (χ2n) is 10.5. The molecule has 3 aliphatic carbocycles. The van der Waals surface area contributed by atoms with Gasteiger partial charge in [-0.1, -0.05) is 25.0 Å². The average molecular weight is 446 g/mol. The topological polar surface area (TPSA) is 35.9 Å². The van der Waals surface area contributed by atoms with Crippen LogP contribution in [-0.2, 0) is 11.0 Å². The normalized spacial score (nSPS) is 35.1. The number of piperidine rings is 2. The average Bonchev–Trinajstić information content (AvgIpc) is 3.26. The second kappa shape index (κ2) is 6.81. The first-order valence-electron chi connectivity index (χ1n) is 12.1. The van der Waals surface area contributed by atoms with E-state index in [4.69, 9.17) is 4.99 Å². The number of hydrogen-bond donors (Lipinski definition) is 0. The SMILES string of the molecule is CC1=NC2(CCCC2)C(=O)N1CCCN1C2CCC23C(c2ccc(C(F)(F)F)cc2)CC13. The van der Waals surface area contributed by atoms with Gasteiger partial charge in [0, 0.05) is 30.6 Å². The van der Waals surface area contributed by atoms with Gasteiger partial charge in [-0.2, -0.15) is 13.2 Å². The zero-order chi connectivity index (χ0) is 22.3. The molecule has 4 fully saturated rings. The van der Waals surface area contributed by atoms with Gasteiger partial charge in [-0.3, -0.25) is 19.6 Å². The number of likely N-dealkylation sites (tertiary alicyclic amines) is 1. The number of amides is 1. The van der Waals surface area contributed by atoms with Crippen molar-refractivity contribution in [2.24, 2.45) is 10.4 Å². The number of hydrogen-bond acceptors (Lipinski definition) is 3. The molecule has 2 aliphatic heterocycles. The van der Waals surface area contributed by atoms with E-state index in [2.05, 4.69) is 4.90 Å². The van der Waals surface area contributed by atoms with Gasteiger partial charge in [-0.05, 0) is 69.1 Å². The van der Waals surface area contributed by atoms with Gasteiger partial charge in [0.05, 0.1) is 5.56 Å². The summed E-state index contributed by atoms with van der Waals surface area (Å²) >= 11 is 0. The number of amidine groups is 1. The summed E-state index contributed by atoms with van der Waals surface area (Å²) in [5.41, 5.74) is 0.334. The first-order chi connectivity index (χ1) is 15.3. The number of benzene rings is 1. The Morgan fingerprint density at radius 3 is 2.38 bits per heavy atom. The molecule has 2 heterocycles. The summed E-state index contributed by atoms with van der Waals surface area (Å²) in [6.45, 7) is 3.69. The fourth-order valence-corrected chi connectivity index (χ4v) is 7.63. The van der Waals surface area contributed by atoms with E-state index in [-0.39, 0.29) is 11.3 Å². The van der Waals surface area contributed by atoms with Crippen LogP contribution >= 0.6 is 0 Å². The molecule has 4 nitrogen and oxygen atoms in total. The molecule has 172 valence electrons. The van der Waals surface area contributed by atoms with Crippen LogP contribution in [0.5, 0.6) is 0 Å². The number of nitrogens with zero attached hydrogens (tertiary/aromatic N) is 3. The Kier molecular flexibility index (Phi) is 4.41. The van der Waals surface area contributed by atoms with Gasteiger partial charge in [-0.25, -0.2) is 0 Å². The highest BCUT2D eigenvalue weighted by molar-refractivity contribution is 6.07. The van der Waals surface area contributed by atoms with Crippen molar-refractivity contribution in [1.29, 1.82) is 0 Å². The predicted octanol–water partition coefficient (Wildman–Crippen LogP) is 4.99. The van der Waals surface area contributed by atoms with Crippen LogP contribution in [0.25, 0.3) is 0 Å². The van der Waals surface area contributed by atoms with Gasteiger partial charge in [0.2, 0.25) is 0 Å². The molecule has 2 spiro atoms. The Labute approximate surface area is 186 Å². The number of alkyl halides is 3. The highest BCUT2D eigenvalue weighted by Crippen LogP contribution is 2.73. The number of halogens is 3. The molecule has 0 N–H and O–H groups in total. The van der Waals surface area contributed by atoms with Gasteiger partial charge < -0.3 is 0 Å². The summed E-state index contributed by atoms with van der Waals surface area (Å²) in [6, 6.07) is 6.96. The van der Waals surface area contributed by atoms with E-state index in [1.807, 2.05) is 11.8 Å². The Morgan fingerprint density at radius 1 is 1.06 bits per heavy atom. The minimum absolute atomic E-state index is 0.208. The van der Waals surface area contributed by atoms with Crippen molar-refractivity contribution in [2.45, 2.75) is 88.0 Å². The molecule has 4 atom stereocenters. The van der Waals surface area contributed by atoms with Gasteiger partial charge in [-0.15, -0.1) is 0 Å². The Hall–Kier alpha value is -1.89. The fourth-order valence-electron chi connectivity index (χ4n) is 7.63. The van der Waals surface area contributed by atoms with Crippen LogP contribution in [0.2, 0.25) is 0 Å². The molecular formula is C25H30F3N3O. The van der Waals surface area contributed by atoms with Crippen LogP contribution in [0.15, 0.2) is 29.3 Å². The van der Waals surface area contributed by atoms with Crippen molar-refractivity contribution < 1.29 is 18.0 Å². The molecular weight excluding hydrogens is 415 g/mol. The lowest BCUT2D eigenvalue weighted by molar-refractivity contribution is -0.279. The van der Waals surface area contributed by atoms with Crippen LogP contribution in [0, 0.1) is 5.41 Å². The van der Waals surface area contributed by atoms with Crippen molar-refractivity contribution in [3.05, 3.63) is 35.4 Å². The maximum Gasteiger partial charge on any atom is 0.416 e. The maximum absolute atomic E-state index is 13.0. The fraction of sp³-hybridized carbons (Fsp3) is 0.680. The Morgan fingerprint density at radius 2 is 1.78 bits per heavy atom. The van der Waals surface area contributed by atoms with E-state index in [1.165, 1.54) is 25.0 Å². The highest BCUT2D eigenvalue weighted by atomic mass is 19.4. The van der Waals surface area contributed by atoms with Crippen LogP contribution in [0.4, 0.5) is 13.2 Å². The van der Waals surface area contributed by atoms with Crippen LogP contribution in [0.1, 0.15) is 75.3 Å². The molecule has 1 aromatic carbocycles. The van der Waals surface area contributed by atoms with Gasteiger partial charge in [0.15, 0.2) is 0 Å². The van der Waals surface area contributed by atoms with Crippen molar-refractivity contribution >= 4 is 11.7 Å². The smallest absolute Gasteiger partial charge is 0.299 e. The number of carbonyl (C=O) groups excluding carboxylic acids is 1. The molecule has 6 rings (SSSR count). The lowest BCUT2D eigenvalue weighted by atomic mass is 9.37. The predicted molar refractivity (Wildman–Crippen MR) is 115 cm³/mol. The first kappa shape index (κ1) is 20.7. The minimum atomic E-state index is -4.28. The van der Waals surface area contributed by atoms with E-state index in [9.17, 15) is 18.0 Å². The number of aliphatic imine (C=N–C) groups is 1. The van der Waals surface area contributed by atoms with Crippen LogP contribution in [0.3, 0.4) is 0 Å².